The van der Waals surface area contributed by atoms with Crippen molar-refractivity contribution in [2.75, 3.05) is 11.9 Å². The summed E-state index contributed by atoms with van der Waals surface area (Å²) >= 11 is 1.58. The molecule has 2 saturated heterocycles. The van der Waals surface area contributed by atoms with E-state index in [1.165, 1.54) is 19.3 Å². The number of anilines is 1. The fourth-order valence-electron chi connectivity index (χ4n) is 4.29. The van der Waals surface area contributed by atoms with Gasteiger partial charge in [-0.25, -0.2) is 4.98 Å². The zero-order chi connectivity index (χ0) is 17.2. The van der Waals surface area contributed by atoms with E-state index in [0.29, 0.717) is 24.4 Å². The van der Waals surface area contributed by atoms with E-state index in [1.807, 2.05) is 30.3 Å². The molecule has 3 atom stereocenters. The van der Waals surface area contributed by atoms with Crippen LogP contribution in [-0.4, -0.2) is 34.4 Å². The Hall–Kier alpha value is -1.76. The van der Waals surface area contributed by atoms with Crippen molar-refractivity contribution >= 4 is 22.9 Å². The number of aromatic nitrogens is 1. The largest absolute Gasteiger partial charge is 0.330 e. The zero-order valence-electron chi connectivity index (χ0n) is 14.2. The molecule has 132 valence electrons. The monoisotopic (exact) mass is 356 g/mol. The van der Waals surface area contributed by atoms with Gasteiger partial charge in [0, 0.05) is 29.7 Å². The number of amides is 1. The summed E-state index contributed by atoms with van der Waals surface area (Å²) in [7, 11) is 0. The van der Waals surface area contributed by atoms with E-state index < -0.39 is 0 Å². The van der Waals surface area contributed by atoms with Gasteiger partial charge in [-0.05, 0) is 43.9 Å². The first kappa shape index (κ1) is 16.7. The van der Waals surface area contributed by atoms with E-state index in [2.05, 4.69) is 20.6 Å². The van der Waals surface area contributed by atoms with Gasteiger partial charge in [-0.3, -0.25) is 9.69 Å². The van der Waals surface area contributed by atoms with Crippen molar-refractivity contribution in [3.05, 3.63) is 46.4 Å². The number of nitrogens with one attached hydrogen (secondary N) is 1. The van der Waals surface area contributed by atoms with Crippen molar-refractivity contribution in [2.24, 2.45) is 11.7 Å². The van der Waals surface area contributed by atoms with Crippen LogP contribution in [0.15, 0.2) is 35.7 Å². The minimum absolute atomic E-state index is 0.0171. The second-order valence-corrected chi connectivity index (χ2v) is 7.97. The number of para-hydroxylation sites is 1. The molecule has 2 aliphatic heterocycles. The topological polar surface area (TPSA) is 71.2 Å². The fourth-order valence-corrected chi connectivity index (χ4v) is 5.07. The predicted octanol–water partition coefficient (Wildman–Crippen LogP) is 2.64. The smallest absolute Gasteiger partial charge is 0.231 e. The fraction of sp³-hybridized carbons (Fsp3) is 0.474. The van der Waals surface area contributed by atoms with Gasteiger partial charge >= 0.3 is 0 Å². The number of hydrogen-bond acceptors (Lipinski definition) is 5. The molecule has 0 aliphatic carbocycles. The van der Waals surface area contributed by atoms with E-state index in [4.69, 9.17) is 5.73 Å². The van der Waals surface area contributed by atoms with Crippen LogP contribution in [0, 0.1) is 5.92 Å². The third-order valence-electron chi connectivity index (χ3n) is 5.43. The van der Waals surface area contributed by atoms with Gasteiger partial charge in [0.15, 0.2) is 0 Å². The molecule has 0 unspecified atom stereocenters. The van der Waals surface area contributed by atoms with Gasteiger partial charge in [0.25, 0.3) is 0 Å². The van der Waals surface area contributed by atoms with Crippen LogP contribution in [0.1, 0.15) is 30.0 Å². The molecule has 2 fully saturated rings. The van der Waals surface area contributed by atoms with Crippen molar-refractivity contribution < 1.29 is 4.79 Å². The number of carbonyl (C=O) groups is 1. The number of nitrogens with two attached hydrogens (primary N) is 1. The molecular weight excluding hydrogens is 332 g/mol. The first-order valence-corrected chi connectivity index (χ1v) is 9.85. The van der Waals surface area contributed by atoms with Crippen LogP contribution in [0.4, 0.5) is 5.69 Å². The normalized spacial score (nSPS) is 25.4. The summed E-state index contributed by atoms with van der Waals surface area (Å²) in [6, 6.07) is 10.8. The number of rotatable bonds is 6. The highest BCUT2D eigenvalue weighted by Gasteiger charge is 2.45. The second-order valence-electron chi connectivity index (χ2n) is 7.03. The molecule has 2 aromatic rings. The lowest BCUT2D eigenvalue weighted by Crippen LogP contribution is -2.32. The van der Waals surface area contributed by atoms with Crippen molar-refractivity contribution in [3.63, 3.8) is 0 Å². The van der Waals surface area contributed by atoms with E-state index in [-0.39, 0.29) is 5.91 Å². The Morgan fingerprint density at radius 2 is 2.16 bits per heavy atom. The van der Waals surface area contributed by atoms with E-state index >= 15 is 0 Å². The van der Waals surface area contributed by atoms with Crippen LogP contribution in [0.2, 0.25) is 0 Å². The van der Waals surface area contributed by atoms with Gasteiger partial charge in [-0.15, -0.1) is 11.3 Å². The molecule has 1 amide bonds. The minimum atomic E-state index is -0.0171. The third kappa shape index (κ3) is 3.61. The lowest BCUT2D eigenvalue weighted by molar-refractivity contribution is -0.115. The van der Waals surface area contributed by atoms with E-state index in [1.54, 1.807) is 11.3 Å². The standard InChI is InChI=1S/C19H24N4OS/c20-10-13-8-16-6-7-17(13)23(16)11-15-12-25-19(22-15)9-18(24)21-14-4-2-1-3-5-14/h1-5,12-13,16-17H,6-11,20H2,(H,21,24)/t13-,16+,17-/m0/s1. The molecule has 2 bridgehead atoms. The average Bonchev–Trinajstić information content (AvgIpc) is 3.31. The van der Waals surface area contributed by atoms with Crippen LogP contribution in [0.3, 0.4) is 0 Å². The predicted molar refractivity (Wildman–Crippen MR) is 100 cm³/mol. The highest BCUT2D eigenvalue weighted by molar-refractivity contribution is 7.09. The van der Waals surface area contributed by atoms with E-state index in [0.717, 1.165) is 29.5 Å². The molecule has 4 rings (SSSR count). The number of carbonyl (C=O) groups excluding carboxylic acids is 1. The maximum atomic E-state index is 12.2. The number of nitrogens with zero attached hydrogens (tertiary/aromatic N) is 2. The van der Waals surface area contributed by atoms with Gasteiger partial charge in [0.05, 0.1) is 12.1 Å². The molecule has 5 nitrogen and oxygen atoms in total. The SMILES string of the molecule is NC[C@@H]1C[C@H]2CC[C@@H]1N2Cc1csc(CC(=O)Nc2ccccc2)n1. The molecule has 0 radical (unpaired) electrons. The zero-order valence-corrected chi connectivity index (χ0v) is 15.0. The molecule has 0 spiro atoms. The maximum absolute atomic E-state index is 12.2. The molecule has 3 heterocycles. The van der Waals surface area contributed by atoms with Crippen molar-refractivity contribution in [1.29, 1.82) is 0 Å². The van der Waals surface area contributed by atoms with Gasteiger partial charge < -0.3 is 11.1 Å². The van der Waals surface area contributed by atoms with Crippen LogP contribution >= 0.6 is 11.3 Å². The minimum Gasteiger partial charge on any atom is -0.330 e. The molecule has 6 heteroatoms. The third-order valence-corrected chi connectivity index (χ3v) is 6.32. The Morgan fingerprint density at radius 1 is 1.32 bits per heavy atom. The molecule has 1 aromatic carbocycles. The maximum Gasteiger partial charge on any atom is 0.231 e. The highest BCUT2D eigenvalue weighted by atomic mass is 32.1. The van der Waals surface area contributed by atoms with Crippen molar-refractivity contribution in [1.82, 2.24) is 9.88 Å². The van der Waals surface area contributed by atoms with Crippen LogP contribution < -0.4 is 11.1 Å². The Kier molecular flexibility index (Phi) is 4.83. The molecule has 2 aliphatic rings. The van der Waals surface area contributed by atoms with Gasteiger partial charge in [0.2, 0.25) is 5.91 Å². The quantitative estimate of drug-likeness (QED) is 0.835. The summed E-state index contributed by atoms with van der Waals surface area (Å²) in [4.78, 5) is 19.4. The second kappa shape index (κ2) is 7.23. The van der Waals surface area contributed by atoms with E-state index in [9.17, 15) is 4.79 Å². The molecule has 25 heavy (non-hydrogen) atoms. The molecule has 3 N–H and O–H groups in total. The number of thiazole rings is 1. The Balaban J connectivity index is 1.34. The van der Waals surface area contributed by atoms with Crippen LogP contribution in [0.5, 0.6) is 0 Å². The van der Waals surface area contributed by atoms with Crippen LogP contribution in [0.25, 0.3) is 0 Å². The summed E-state index contributed by atoms with van der Waals surface area (Å²) in [6.45, 7) is 1.68. The average molecular weight is 356 g/mol. The number of benzene rings is 1. The van der Waals surface area contributed by atoms with Gasteiger partial charge in [0.1, 0.15) is 5.01 Å². The summed E-state index contributed by atoms with van der Waals surface area (Å²) < 4.78 is 0. The van der Waals surface area contributed by atoms with Crippen molar-refractivity contribution in [3.8, 4) is 0 Å². The van der Waals surface area contributed by atoms with Crippen molar-refractivity contribution in [2.45, 2.75) is 44.3 Å². The summed E-state index contributed by atoms with van der Waals surface area (Å²) in [5.74, 6) is 0.630. The first-order chi connectivity index (χ1) is 12.2. The molecular formula is C19H24N4OS. The lowest BCUT2D eigenvalue weighted by Gasteiger charge is -2.22. The summed E-state index contributed by atoms with van der Waals surface area (Å²) in [5, 5.41) is 5.89. The highest BCUT2D eigenvalue weighted by Crippen LogP contribution is 2.42. The number of fused-ring (bicyclic) bond motifs is 2. The molecule has 0 saturated carbocycles. The van der Waals surface area contributed by atoms with Gasteiger partial charge in [-0.1, -0.05) is 18.2 Å². The Bertz CT molecular complexity index is 732. The summed E-state index contributed by atoms with van der Waals surface area (Å²) in [6.07, 6.45) is 4.12. The molecule has 1 aromatic heterocycles. The lowest BCUT2D eigenvalue weighted by atomic mass is 9.89. The Morgan fingerprint density at radius 3 is 2.92 bits per heavy atom. The van der Waals surface area contributed by atoms with Gasteiger partial charge in [-0.2, -0.15) is 0 Å². The Labute approximate surface area is 152 Å². The van der Waals surface area contributed by atoms with Crippen LogP contribution in [-0.2, 0) is 17.8 Å². The summed E-state index contributed by atoms with van der Waals surface area (Å²) in [5.41, 5.74) is 7.82. The number of hydrogen-bond donors (Lipinski definition) is 2. The first-order valence-electron chi connectivity index (χ1n) is 8.97.